The normalized spacial score (nSPS) is 20.9. The number of nitrogens with one attached hydrogen (secondary N) is 2. The van der Waals surface area contributed by atoms with Crippen molar-refractivity contribution < 1.29 is 19.4 Å². The largest absolute Gasteiger partial charge is 0.480 e. The molecule has 2 unspecified atom stereocenters. The van der Waals surface area contributed by atoms with E-state index in [2.05, 4.69) is 10.6 Å². The Morgan fingerprint density at radius 2 is 2.35 bits per heavy atom. The van der Waals surface area contributed by atoms with Gasteiger partial charge in [0.2, 0.25) is 0 Å². The topological polar surface area (TPSA) is 87.7 Å². The summed E-state index contributed by atoms with van der Waals surface area (Å²) < 4.78 is 5.22. The molecule has 2 atom stereocenters. The Labute approximate surface area is 104 Å². The monoisotopic (exact) mass is 262 g/mol. The van der Waals surface area contributed by atoms with E-state index in [0.717, 1.165) is 12.8 Å². The first kappa shape index (κ1) is 14.1. The highest BCUT2D eigenvalue weighted by Crippen LogP contribution is 2.08. The predicted octanol–water partition coefficient (Wildman–Crippen LogP) is 0.628. The van der Waals surface area contributed by atoms with Gasteiger partial charge in [-0.3, -0.25) is 0 Å². The van der Waals surface area contributed by atoms with Crippen LogP contribution in [0.15, 0.2) is 0 Å². The molecule has 0 aromatic heterocycles. The molecule has 0 aromatic carbocycles. The van der Waals surface area contributed by atoms with Crippen molar-refractivity contribution in [3.63, 3.8) is 0 Å². The van der Waals surface area contributed by atoms with Gasteiger partial charge in [0, 0.05) is 6.61 Å². The molecule has 0 radical (unpaired) electrons. The van der Waals surface area contributed by atoms with Gasteiger partial charge in [0.1, 0.15) is 12.3 Å². The maximum Gasteiger partial charge on any atom is 0.326 e. The smallest absolute Gasteiger partial charge is 0.326 e. The average molecular weight is 262 g/mol. The lowest BCUT2D eigenvalue weighted by Crippen LogP contribution is -2.49. The first-order valence-electron chi connectivity index (χ1n) is 5.54. The number of carboxylic acids is 1. The molecule has 1 saturated heterocycles. The van der Waals surface area contributed by atoms with E-state index < -0.39 is 18.0 Å². The molecule has 0 aliphatic carbocycles. The Kier molecular flexibility index (Phi) is 6.13. The molecular weight excluding hydrogens is 244 g/mol. The molecule has 0 aromatic rings. The minimum Gasteiger partial charge on any atom is -0.480 e. The quantitative estimate of drug-likeness (QED) is 0.653. The second-order valence-electron chi connectivity index (χ2n) is 3.79. The van der Waals surface area contributed by atoms with Crippen molar-refractivity contribution in [2.75, 3.05) is 18.6 Å². The van der Waals surface area contributed by atoms with Crippen LogP contribution in [0.5, 0.6) is 0 Å². The number of hydrogen-bond donors (Lipinski definition) is 3. The van der Waals surface area contributed by atoms with Gasteiger partial charge in [-0.05, 0) is 31.3 Å². The highest BCUT2D eigenvalue weighted by atomic mass is 32.2. The first-order valence-corrected chi connectivity index (χ1v) is 6.93. The molecule has 1 rings (SSSR count). The molecule has 2 amide bonds. The summed E-state index contributed by atoms with van der Waals surface area (Å²) in [5.41, 5.74) is 0. The second kappa shape index (κ2) is 7.39. The van der Waals surface area contributed by atoms with Crippen LogP contribution in [-0.2, 0) is 9.53 Å². The number of thioether (sulfide) groups is 1. The van der Waals surface area contributed by atoms with Gasteiger partial charge in [0.15, 0.2) is 0 Å². The van der Waals surface area contributed by atoms with Crippen molar-refractivity contribution >= 4 is 23.8 Å². The molecule has 0 saturated carbocycles. The van der Waals surface area contributed by atoms with E-state index in [0.29, 0.717) is 18.8 Å². The van der Waals surface area contributed by atoms with E-state index >= 15 is 0 Å². The summed E-state index contributed by atoms with van der Waals surface area (Å²) in [6.45, 7) is 0.639. The molecule has 1 fully saturated rings. The van der Waals surface area contributed by atoms with Crippen molar-refractivity contribution in [1.82, 2.24) is 10.6 Å². The van der Waals surface area contributed by atoms with E-state index in [1.165, 1.54) is 0 Å². The molecule has 0 bridgehead atoms. The third-order valence-electron chi connectivity index (χ3n) is 2.44. The number of rotatable bonds is 6. The van der Waals surface area contributed by atoms with Crippen LogP contribution >= 0.6 is 11.8 Å². The second-order valence-corrected chi connectivity index (χ2v) is 4.78. The van der Waals surface area contributed by atoms with E-state index in [1.54, 1.807) is 11.8 Å². The summed E-state index contributed by atoms with van der Waals surface area (Å²) in [5, 5.41) is 14.0. The SMILES string of the molecule is CSCCC(NC(=O)NC1CCCO1)C(=O)O. The summed E-state index contributed by atoms with van der Waals surface area (Å²) in [7, 11) is 0. The zero-order valence-electron chi connectivity index (χ0n) is 9.77. The van der Waals surface area contributed by atoms with Crippen LogP contribution in [-0.4, -0.2) is 48.0 Å². The zero-order chi connectivity index (χ0) is 12.7. The fourth-order valence-electron chi connectivity index (χ4n) is 1.53. The standard InChI is InChI=1S/C10H18N2O4S/c1-17-6-4-7(9(13)14)11-10(15)12-8-3-2-5-16-8/h7-8H,2-6H2,1H3,(H,13,14)(H2,11,12,15). The van der Waals surface area contributed by atoms with E-state index in [9.17, 15) is 9.59 Å². The zero-order valence-corrected chi connectivity index (χ0v) is 10.6. The number of amides is 2. The maximum absolute atomic E-state index is 11.5. The summed E-state index contributed by atoms with van der Waals surface area (Å²) in [4.78, 5) is 22.4. The average Bonchev–Trinajstić information content (AvgIpc) is 2.76. The van der Waals surface area contributed by atoms with Gasteiger partial charge >= 0.3 is 12.0 Å². The van der Waals surface area contributed by atoms with Crippen LogP contribution in [0.1, 0.15) is 19.3 Å². The Balaban J connectivity index is 2.32. The maximum atomic E-state index is 11.5. The minimum absolute atomic E-state index is 0.287. The molecule has 17 heavy (non-hydrogen) atoms. The minimum atomic E-state index is -1.01. The number of ether oxygens (including phenoxy) is 1. The van der Waals surface area contributed by atoms with E-state index in [-0.39, 0.29) is 6.23 Å². The number of hydrogen-bond acceptors (Lipinski definition) is 4. The predicted molar refractivity (Wildman–Crippen MR) is 65.1 cm³/mol. The molecule has 3 N–H and O–H groups in total. The highest BCUT2D eigenvalue weighted by Gasteiger charge is 2.22. The lowest BCUT2D eigenvalue weighted by atomic mass is 10.2. The van der Waals surface area contributed by atoms with Crippen molar-refractivity contribution in [2.24, 2.45) is 0 Å². The van der Waals surface area contributed by atoms with Crippen LogP contribution < -0.4 is 10.6 Å². The fraction of sp³-hybridized carbons (Fsp3) is 0.800. The third-order valence-corrected chi connectivity index (χ3v) is 3.08. The lowest BCUT2D eigenvalue weighted by Gasteiger charge is -2.17. The van der Waals surface area contributed by atoms with Gasteiger partial charge in [0.25, 0.3) is 0 Å². The molecule has 1 aliphatic heterocycles. The molecule has 0 spiro atoms. The third kappa shape index (κ3) is 5.27. The summed E-state index contributed by atoms with van der Waals surface area (Å²) in [6.07, 6.45) is 3.71. The Bertz CT molecular complexity index is 269. The number of carbonyl (C=O) groups is 2. The summed E-state index contributed by atoms with van der Waals surface area (Å²) >= 11 is 1.55. The molecule has 1 aliphatic rings. The van der Waals surface area contributed by atoms with Crippen LogP contribution in [0.25, 0.3) is 0 Å². The molecular formula is C10H18N2O4S. The lowest BCUT2D eigenvalue weighted by molar-refractivity contribution is -0.139. The number of carbonyl (C=O) groups excluding carboxylic acids is 1. The van der Waals surface area contributed by atoms with Crippen molar-refractivity contribution in [2.45, 2.75) is 31.5 Å². The summed E-state index contributed by atoms with van der Waals surface area (Å²) in [5.74, 6) is -0.321. The number of carboxylic acid groups (broad SMARTS) is 1. The van der Waals surface area contributed by atoms with Crippen LogP contribution in [0.3, 0.4) is 0 Å². The van der Waals surface area contributed by atoms with Crippen LogP contribution in [0, 0.1) is 0 Å². The fourth-order valence-corrected chi connectivity index (χ4v) is 2.00. The van der Waals surface area contributed by atoms with Gasteiger partial charge in [0.05, 0.1) is 0 Å². The van der Waals surface area contributed by atoms with Crippen molar-refractivity contribution in [3.8, 4) is 0 Å². The number of aliphatic carboxylic acids is 1. The van der Waals surface area contributed by atoms with Crippen molar-refractivity contribution in [3.05, 3.63) is 0 Å². The van der Waals surface area contributed by atoms with Gasteiger partial charge in [-0.15, -0.1) is 0 Å². The molecule has 1 heterocycles. The van der Waals surface area contributed by atoms with Gasteiger partial charge in [-0.2, -0.15) is 11.8 Å². The molecule has 6 nitrogen and oxygen atoms in total. The Morgan fingerprint density at radius 1 is 1.59 bits per heavy atom. The van der Waals surface area contributed by atoms with E-state index in [4.69, 9.17) is 9.84 Å². The Morgan fingerprint density at radius 3 is 2.88 bits per heavy atom. The molecule has 7 heteroatoms. The van der Waals surface area contributed by atoms with Gasteiger partial charge in [-0.25, -0.2) is 9.59 Å². The molecule has 98 valence electrons. The number of urea groups is 1. The van der Waals surface area contributed by atoms with Gasteiger partial charge < -0.3 is 20.5 Å². The van der Waals surface area contributed by atoms with Crippen LogP contribution in [0.2, 0.25) is 0 Å². The van der Waals surface area contributed by atoms with Crippen molar-refractivity contribution in [1.29, 1.82) is 0 Å². The Hall–Kier alpha value is -0.950. The first-order chi connectivity index (χ1) is 8.13. The van der Waals surface area contributed by atoms with Gasteiger partial charge in [-0.1, -0.05) is 0 Å². The van der Waals surface area contributed by atoms with Crippen LogP contribution in [0.4, 0.5) is 4.79 Å². The highest BCUT2D eigenvalue weighted by molar-refractivity contribution is 7.98. The van der Waals surface area contributed by atoms with E-state index in [1.807, 2.05) is 6.26 Å². The summed E-state index contributed by atoms with van der Waals surface area (Å²) in [6, 6.07) is -1.32.